The Bertz CT molecular complexity index is 1960. The molecule has 5 heterocycles. The van der Waals surface area contributed by atoms with E-state index >= 15 is 8.78 Å². The van der Waals surface area contributed by atoms with Crippen molar-refractivity contribution in [3.8, 4) is 17.3 Å². The van der Waals surface area contributed by atoms with Crippen LogP contribution in [0.15, 0.2) is 43.0 Å². The number of nitrogens with one attached hydrogen (secondary N) is 1. The number of hydrogen-bond donors (Lipinski definition) is 2. The van der Waals surface area contributed by atoms with Crippen LogP contribution in [0.25, 0.3) is 27.7 Å². The SMILES string of the molecule is C=C1C[C@H](CN(CCC)Cc2ccccc2)Nc2nc(OCC34CCCN3CCC4)nc3c(F)c(-c4nc(N)cc(C)c4C(F)(F)F)c(F)c1c23. The van der Waals surface area contributed by atoms with Gasteiger partial charge in [0.2, 0.25) is 0 Å². The van der Waals surface area contributed by atoms with Gasteiger partial charge >= 0.3 is 12.2 Å². The molecule has 0 unspecified atom stereocenters. The topological polar surface area (TPSA) is 92.4 Å². The number of rotatable bonds is 10. The first-order valence-corrected chi connectivity index (χ1v) is 17.5. The molecule has 13 heteroatoms. The average molecular weight is 708 g/mol. The molecule has 2 aromatic heterocycles. The lowest BCUT2D eigenvalue weighted by molar-refractivity contribution is -0.137. The summed E-state index contributed by atoms with van der Waals surface area (Å²) in [7, 11) is 0. The summed E-state index contributed by atoms with van der Waals surface area (Å²) in [5, 5.41) is 3.41. The second-order valence-electron chi connectivity index (χ2n) is 14.1. The van der Waals surface area contributed by atoms with Gasteiger partial charge in [0, 0.05) is 24.7 Å². The summed E-state index contributed by atoms with van der Waals surface area (Å²) in [4.78, 5) is 17.6. The zero-order valence-electron chi connectivity index (χ0n) is 28.8. The number of pyridine rings is 1. The van der Waals surface area contributed by atoms with E-state index in [0.29, 0.717) is 13.1 Å². The summed E-state index contributed by atoms with van der Waals surface area (Å²) in [5.74, 6) is -2.71. The maximum Gasteiger partial charge on any atom is 0.418 e. The van der Waals surface area contributed by atoms with Gasteiger partial charge in [0.1, 0.15) is 29.6 Å². The summed E-state index contributed by atoms with van der Waals surface area (Å²) >= 11 is 0. The van der Waals surface area contributed by atoms with Gasteiger partial charge in [-0.05, 0) is 87.8 Å². The number of aryl methyl sites for hydroxylation is 1. The molecule has 8 nitrogen and oxygen atoms in total. The molecular weight excluding hydrogens is 665 g/mol. The van der Waals surface area contributed by atoms with Crippen molar-refractivity contribution in [1.82, 2.24) is 24.8 Å². The molecule has 3 aliphatic heterocycles. The molecule has 51 heavy (non-hydrogen) atoms. The van der Waals surface area contributed by atoms with E-state index in [-0.39, 0.29) is 69.9 Å². The molecule has 0 amide bonds. The minimum absolute atomic E-state index is 0.00518. The summed E-state index contributed by atoms with van der Waals surface area (Å²) in [5.41, 5.74) is 3.05. The number of nitrogen functional groups attached to an aromatic ring is 1. The molecule has 2 fully saturated rings. The van der Waals surface area contributed by atoms with Crippen LogP contribution in [-0.2, 0) is 12.7 Å². The van der Waals surface area contributed by atoms with Crippen molar-refractivity contribution in [2.75, 3.05) is 43.8 Å². The van der Waals surface area contributed by atoms with Gasteiger partial charge in [-0.3, -0.25) is 9.80 Å². The Morgan fingerprint density at radius 2 is 1.78 bits per heavy atom. The second-order valence-corrected chi connectivity index (χ2v) is 14.1. The Balaban J connectivity index is 1.37. The largest absolute Gasteiger partial charge is 0.461 e. The molecule has 4 aromatic rings. The molecule has 1 atom stereocenters. The van der Waals surface area contributed by atoms with Crippen molar-refractivity contribution >= 4 is 28.1 Å². The monoisotopic (exact) mass is 707 g/mol. The molecule has 3 N–H and O–H groups in total. The van der Waals surface area contributed by atoms with Crippen LogP contribution in [-0.4, -0.2) is 69.1 Å². The Morgan fingerprint density at radius 1 is 1.06 bits per heavy atom. The molecular formula is C38H42F5N7O. The fraction of sp³-hybridized carbons (Fsp3) is 0.447. The van der Waals surface area contributed by atoms with Crippen molar-refractivity contribution in [3.63, 3.8) is 0 Å². The van der Waals surface area contributed by atoms with Crippen LogP contribution in [0, 0.1) is 18.6 Å². The lowest BCUT2D eigenvalue weighted by Crippen LogP contribution is -2.43. The molecule has 3 aliphatic rings. The van der Waals surface area contributed by atoms with Crippen molar-refractivity contribution in [2.45, 2.75) is 76.7 Å². The van der Waals surface area contributed by atoms with Crippen molar-refractivity contribution in [2.24, 2.45) is 0 Å². The van der Waals surface area contributed by atoms with Gasteiger partial charge in [0.25, 0.3) is 0 Å². The number of hydrogen-bond acceptors (Lipinski definition) is 8. The lowest BCUT2D eigenvalue weighted by atomic mass is 9.91. The molecule has 2 saturated heterocycles. The van der Waals surface area contributed by atoms with E-state index < -0.39 is 34.6 Å². The Morgan fingerprint density at radius 3 is 2.47 bits per heavy atom. The Kier molecular flexibility index (Phi) is 9.38. The van der Waals surface area contributed by atoms with Gasteiger partial charge in [-0.15, -0.1) is 0 Å². The van der Waals surface area contributed by atoms with Crippen LogP contribution >= 0.6 is 0 Å². The predicted octanol–water partition coefficient (Wildman–Crippen LogP) is 8.00. The number of aromatic nitrogens is 3. The maximum atomic E-state index is 16.9. The number of alkyl halides is 3. The van der Waals surface area contributed by atoms with Gasteiger partial charge in [0.15, 0.2) is 5.82 Å². The molecule has 0 bridgehead atoms. The quantitative estimate of drug-likeness (QED) is 0.160. The van der Waals surface area contributed by atoms with Crippen LogP contribution in [0.1, 0.15) is 67.7 Å². The van der Waals surface area contributed by atoms with Gasteiger partial charge in [0.05, 0.1) is 27.7 Å². The van der Waals surface area contributed by atoms with E-state index in [9.17, 15) is 13.2 Å². The van der Waals surface area contributed by atoms with Gasteiger partial charge < -0.3 is 15.8 Å². The zero-order valence-corrected chi connectivity index (χ0v) is 28.8. The third kappa shape index (κ3) is 6.61. The van der Waals surface area contributed by atoms with E-state index in [0.717, 1.165) is 63.4 Å². The standard InChI is InChI=1S/C38H42F5N7O/c1-4-14-49(19-24-10-6-5-7-11-24)20-25-17-22(2)27-28-34(32(40)29(31(27)39)33-30(38(41,42)43)23(3)18-26(44)46-33)47-36(48-35(28)45-25)51-21-37-12-8-15-50(37)16-9-13-37/h5-7,10-11,18,25H,2,4,8-9,12-17,19-21H2,1,3H3,(H2,44,46)(H,45,47,48)/t25-/m1/s1. The minimum Gasteiger partial charge on any atom is -0.461 e. The van der Waals surface area contributed by atoms with Crippen molar-refractivity contribution in [1.29, 1.82) is 0 Å². The van der Waals surface area contributed by atoms with Crippen LogP contribution in [0.5, 0.6) is 6.01 Å². The average Bonchev–Trinajstić information content (AvgIpc) is 3.61. The summed E-state index contributed by atoms with van der Waals surface area (Å²) in [6.45, 7) is 11.6. The number of fused-ring (bicyclic) bond motifs is 1. The molecule has 7 rings (SSSR count). The molecule has 0 spiro atoms. The highest BCUT2D eigenvalue weighted by Gasteiger charge is 2.45. The fourth-order valence-corrected chi connectivity index (χ4v) is 8.35. The van der Waals surface area contributed by atoms with Crippen LogP contribution in [0.2, 0.25) is 0 Å². The Labute approximate surface area is 293 Å². The molecule has 0 aliphatic carbocycles. The normalized spacial score (nSPS) is 18.7. The number of halogens is 5. The lowest BCUT2D eigenvalue weighted by Gasteiger charge is -2.31. The van der Waals surface area contributed by atoms with E-state index in [4.69, 9.17) is 10.5 Å². The zero-order chi connectivity index (χ0) is 36.1. The van der Waals surface area contributed by atoms with Crippen LogP contribution in [0.3, 0.4) is 0 Å². The highest BCUT2D eigenvalue weighted by Crippen LogP contribution is 2.47. The molecule has 2 aromatic carbocycles. The smallest absolute Gasteiger partial charge is 0.418 e. The third-order valence-corrected chi connectivity index (χ3v) is 10.5. The maximum absolute atomic E-state index is 16.9. The van der Waals surface area contributed by atoms with Crippen molar-refractivity contribution < 1.29 is 26.7 Å². The summed E-state index contributed by atoms with van der Waals surface area (Å²) in [6.07, 6.45) is 0.0492. The van der Waals surface area contributed by atoms with E-state index in [2.05, 4.69) is 43.6 Å². The minimum atomic E-state index is -4.98. The van der Waals surface area contributed by atoms with E-state index in [1.807, 2.05) is 30.3 Å². The highest BCUT2D eigenvalue weighted by atomic mass is 19.4. The second kappa shape index (κ2) is 13.6. The number of nitrogens with two attached hydrogens (primary N) is 1. The molecule has 270 valence electrons. The molecule has 0 radical (unpaired) electrons. The van der Waals surface area contributed by atoms with Crippen LogP contribution in [0.4, 0.5) is 33.6 Å². The predicted molar refractivity (Wildman–Crippen MR) is 188 cm³/mol. The van der Waals surface area contributed by atoms with E-state index in [1.54, 1.807) is 0 Å². The number of nitrogens with zero attached hydrogens (tertiary/aromatic N) is 5. The first-order chi connectivity index (χ1) is 24.4. The summed E-state index contributed by atoms with van der Waals surface area (Å²) < 4.78 is 83.6. The van der Waals surface area contributed by atoms with Gasteiger partial charge in [-0.25, -0.2) is 13.8 Å². The van der Waals surface area contributed by atoms with Crippen molar-refractivity contribution in [3.05, 3.63) is 76.9 Å². The number of anilines is 2. The Hall–Kier alpha value is -4.36. The molecule has 0 saturated carbocycles. The summed E-state index contributed by atoms with van der Waals surface area (Å²) in [6, 6.07) is 10.5. The third-order valence-electron chi connectivity index (χ3n) is 10.5. The highest BCUT2D eigenvalue weighted by molar-refractivity contribution is 6.03. The van der Waals surface area contributed by atoms with Crippen LogP contribution < -0.4 is 15.8 Å². The number of ether oxygens (including phenoxy) is 1. The van der Waals surface area contributed by atoms with Gasteiger partial charge in [-0.1, -0.05) is 43.8 Å². The number of benzene rings is 2. The van der Waals surface area contributed by atoms with E-state index in [1.165, 1.54) is 6.92 Å². The first-order valence-electron chi connectivity index (χ1n) is 17.5. The van der Waals surface area contributed by atoms with Gasteiger partial charge in [-0.2, -0.15) is 23.1 Å². The first kappa shape index (κ1) is 35.1. The fourth-order valence-electron chi connectivity index (χ4n) is 8.35.